The number of hydrogen-bond donors (Lipinski definition) is 2. The first kappa shape index (κ1) is 10.5. The van der Waals surface area contributed by atoms with E-state index in [9.17, 15) is 4.21 Å². The number of nitrogens with zero attached hydrogens (tertiary/aromatic N) is 2. The van der Waals surface area contributed by atoms with E-state index in [1.54, 1.807) is 0 Å². The van der Waals surface area contributed by atoms with Crippen LogP contribution >= 0.6 is 0 Å². The van der Waals surface area contributed by atoms with Gasteiger partial charge in [-0.1, -0.05) is 5.16 Å². The van der Waals surface area contributed by atoms with Gasteiger partial charge in [0, 0.05) is 28.9 Å². The van der Waals surface area contributed by atoms with Crippen molar-refractivity contribution in [2.24, 2.45) is 10.9 Å². The van der Waals surface area contributed by atoms with Crippen LogP contribution in [0.5, 0.6) is 0 Å². The van der Waals surface area contributed by atoms with Crippen LogP contribution in [0.15, 0.2) is 5.16 Å². The molecule has 0 aliphatic carbocycles. The van der Waals surface area contributed by atoms with Crippen molar-refractivity contribution in [3.8, 4) is 0 Å². The van der Waals surface area contributed by atoms with E-state index in [4.69, 9.17) is 10.9 Å². The highest BCUT2D eigenvalue weighted by molar-refractivity contribution is 7.85. The molecule has 1 saturated heterocycles. The van der Waals surface area contributed by atoms with Gasteiger partial charge in [0.2, 0.25) is 0 Å². The quantitative estimate of drug-likeness (QED) is 0.267. The molecular weight excluding hydrogens is 190 g/mol. The van der Waals surface area contributed by atoms with E-state index in [2.05, 4.69) is 10.1 Å². The summed E-state index contributed by atoms with van der Waals surface area (Å²) in [7, 11) is -0.680. The molecule has 3 N–H and O–H groups in total. The third kappa shape index (κ3) is 3.73. The zero-order chi connectivity index (χ0) is 9.68. The zero-order valence-electron chi connectivity index (χ0n) is 7.48. The molecule has 6 heteroatoms. The van der Waals surface area contributed by atoms with Crippen molar-refractivity contribution in [3.05, 3.63) is 0 Å². The van der Waals surface area contributed by atoms with Crippen LogP contribution < -0.4 is 5.73 Å². The van der Waals surface area contributed by atoms with E-state index in [1.807, 2.05) is 0 Å². The molecule has 76 valence electrons. The van der Waals surface area contributed by atoms with Crippen molar-refractivity contribution in [2.75, 3.05) is 31.1 Å². The van der Waals surface area contributed by atoms with Crippen LogP contribution in [0, 0.1) is 0 Å². The summed E-state index contributed by atoms with van der Waals surface area (Å²) in [4.78, 5) is 2.06. The van der Waals surface area contributed by atoms with E-state index < -0.39 is 10.8 Å². The van der Waals surface area contributed by atoms with E-state index >= 15 is 0 Å². The van der Waals surface area contributed by atoms with Crippen LogP contribution in [0.25, 0.3) is 0 Å². The number of nitrogens with two attached hydrogens (primary N) is 1. The molecule has 1 unspecified atom stereocenters. The predicted octanol–water partition coefficient (Wildman–Crippen LogP) is -0.813. The maximum absolute atomic E-state index is 11.2. The van der Waals surface area contributed by atoms with Gasteiger partial charge in [0.1, 0.15) is 0 Å². The molecule has 1 aliphatic rings. The SMILES string of the molecule is N/C(CN1CCCS(=O)CC1)=N\O. The molecule has 1 rings (SSSR count). The first-order chi connectivity index (χ1) is 6.22. The Bertz CT molecular complexity index is 220. The molecule has 0 aromatic heterocycles. The number of amidine groups is 1. The van der Waals surface area contributed by atoms with Crippen LogP contribution in [0.3, 0.4) is 0 Å². The second kappa shape index (κ2) is 5.18. The van der Waals surface area contributed by atoms with Crippen LogP contribution in [0.4, 0.5) is 0 Å². The fourth-order valence-electron chi connectivity index (χ4n) is 1.31. The van der Waals surface area contributed by atoms with Crippen molar-refractivity contribution in [2.45, 2.75) is 6.42 Å². The summed E-state index contributed by atoms with van der Waals surface area (Å²) in [6.07, 6.45) is 0.922. The third-order valence-electron chi connectivity index (χ3n) is 2.00. The summed E-state index contributed by atoms with van der Waals surface area (Å²) in [6.45, 7) is 2.11. The Kier molecular flexibility index (Phi) is 4.17. The van der Waals surface area contributed by atoms with Crippen molar-refractivity contribution in [1.29, 1.82) is 0 Å². The lowest BCUT2D eigenvalue weighted by atomic mass is 10.4. The lowest BCUT2D eigenvalue weighted by molar-refractivity contribution is 0.301. The Hall–Kier alpha value is -0.620. The summed E-state index contributed by atoms with van der Waals surface area (Å²) >= 11 is 0. The largest absolute Gasteiger partial charge is 0.409 e. The smallest absolute Gasteiger partial charge is 0.153 e. The Morgan fingerprint density at radius 1 is 1.54 bits per heavy atom. The molecule has 1 heterocycles. The molecule has 0 spiro atoms. The van der Waals surface area contributed by atoms with Gasteiger partial charge in [-0.3, -0.25) is 9.11 Å². The Balaban J connectivity index is 2.38. The zero-order valence-corrected chi connectivity index (χ0v) is 8.29. The lowest BCUT2D eigenvalue weighted by Gasteiger charge is -2.17. The van der Waals surface area contributed by atoms with Gasteiger partial charge in [-0.2, -0.15) is 0 Å². The fraction of sp³-hybridized carbons (Fsp3) is 0.857. The predicted molar refractivity (Wildman–Crippen MR) is 52.3 cm³/mol. The molecule has 1 aliphatic heterocycles. The van der Waals surface area contributed by atoms with E-state index in [0.29, 0.717) is 12.3 Å². The van der Waals surface area contributed by atoms with E-state index in [1.165, 1.54) is 0 Å². The van der Waals surface area contributed by atoms with Crippen molar-refractivity contribution in [3.63, 3.8) is 0 Å². The van der Waals surface area contributed by atoms with Gasteiger partial charge in [0.15, 0.2) is 5.84 Å². The summed E-state index contributed by atoms with van der Waals surface area (Å²) in [5, 5.41) is 11.3. The maximum Gasteiger partial charge on any atom is 0.153 e. The first-order valence-electron chi connectivity index (χ1n) is 4.26. The summed E-state index contributed by atoms with van der Waals surface area (Å²) < 4.78 is 11.2. The molecule has 13 heavy (non-hydrogen) atoms. The molecule has 0 bridgehead atoms. The Morgan fingerprint density at radius 2 is 2.31 bits per heavy atom. The van der Waals surface area contributed by atoms with E-state index in [0.717, 1.165) is 25.3 Å². The minimum absolute atomic E-state index is 0.215. The van der Waals surface area contributed by atoms with Crippen LogP contribution in [0.2, 0.25) is 0 Å². The summed E-state index contributed by atoms with van der Waals surface area (Å²) in [5.74, 6) is 1.68. The van der Waals surface area contributed by atoms with Crippen molar-refractivity contribution >= 4 is 16.6 Å². The van der Waals surface area contributed by atoms with Gasteiger partial charge in [-0.25, -0.2) is 0 Å². The first-order valence-corrected chi connectivity index (χ1v) is 5.75. The normalized spacial score (nSPS) is 27.1. The topological polar surface area (TPSA) is 78.9 Å². The summed E-state index contributed by atoms with van der Waals surface area (Å²) in [6, 6.07) is 0. The second-order valence-corrected chi connectivity index (χ2v) is 4.77. The summed E-state index contributed by atoms with van der Waals surface area (Å²) in [5.41, 5.74) is 5.37. The Labute approximate surface area is 80.0 Å². The van der Waals surface area contributed by atoms with Crippen molar-refractivity contribution < 1.29 is 9.42 Å². The van der Waals surface area contributed by atoms with Crippen molar-refractivity contribution in [1.82, 2.24) is 4.90 Å². The van der Waals surface area contributed by atoms with Gasteiger partial charge >= 0.3 is 0 Å². The maximum atomic E-state index is 11.2. The average molecular weight is 205 g/mol. The molecule has 0 amide bonds. The van der Waals surface area contributed by atoms with E-state index in [-0.39, 0.29) is 5.84 Å². The minimum atomic E-state index is -0.680. The molecular formula is C7H15N3O2S. The third-order valence-corrected chi connectivity index (χ3v) is 3.38. The minimum Gasteiger partial charge on any atom is -0.409 e. The Morgan fingerprint density at radius 3 is 3.00 bits per heavy atom. The molecule has 1 atom stereocenters. The monoisotopic (exact) mass is 205 g/mol. The number of hydrogen-bond acceptors (Lipinski definition) is 4. The fourth-order valence-corrected chi connectivity index (χ4v) is 2.43. The number of oxime groups is 1. The molecule has 0 saturated carbocycles. The molecule has 0 aromatic carbocycles. The van der Waals surface area contributed by atoms with Crippen LogP contribution in [0.1, 0.15) is 6.42 Å². The highest BCUT2D eigenvalue weighted by atomic mass is 32.2. The molecule has 1 fully saturated rings. The average Bonchev–Trinajstić information content (AvgIpc) is 2.31. The molecule has 0 aromatic rings. The highest BCUT2D eigenvalue weighted by Crippen LogP contribution is 2.00. The van der Waals surface area contributed by atoms with Gasteiger partial charge < -0.3 is 10.9 Å². The van der Waals surface area contributed by atoms with Gasteiger partial charge in [0.25, 0.3) is 0 Å². The van der Waals surface area contributed by atoms with Crippen LogP contribution in [-0.4, -0.2) is 51.3 Å². The number of rotatable bonds is 2. The van der Waals surface area contributed by atoms with Gasteiger partial charge in [-0.15, -0.1) is 0 Å². The lowest BCUT2D eigenvalue weighted by Crippen LogP contribution is -2.35. The standard InChI is InChI=1S/C7H15N3O2S/c8-7(9-11)6-10-2-1-4-13(12)5-3-10/h11H,1-6H2,(H2,8,9). The highest BCUT2D eigenvalue weighted by Gasteiger charge is 2.13. The van der Waals surface area contributed by atoms with Gasteiger partial charge in [0.05, 0.1) is 6.54 Å². The molecule has 0 radical (unpaired) electrons. The van der Waals surface area contributed by atoms with Crippen LogP contribution in [-0.2, 0) is 10.8 Å². The van der Waals surface area contributed by atoms with Gasteiger partial charge in [-0.05, 0) is 13.0 Å². The second-order valence-electron chi connectivity index (χ2n) is 3.07. The molecule has 5 nitrogen and oxygen atoms in total.